The molecule has 4 heteroatoms. The normalized spacial score (nSPS) is 19.0. The molecule has 0 saturated carbocycles. The quantitative estimate of drug-likeness (QED) is 0.927. The van der Waals surface area contributed by atoms with Gasteiger partial charge in [0.2, 0.25) is 5.91 Å². The Labute approximate surface area is 126 Å². The van der Waals surface area contributed by atoms with Crippen LogP contribution in [-0.2, 0) is 10.2 Å². The second-order valence-electron chi connectivity index (χ2n) is 6.88. The zero-order valence-electron chi connectivity index (χ0n) is 13.3. The van der Waals surface area contributed by atoms with Gasteiger partial charge < -0.3 is 10.2 Å². The van der Waals surface area contributed by atoms with Gasteiger partial charge in [-0.1, -0.05) is 32.9 Å². The summed E-state index contributed by atoms with van der Waals surface area (Å²) in [5, 5.41) is 2.92. The second kappa shape index (κ2) is 5.88. The zero-order valence-corrected chi connectivity index (χ0v) is 13.3. The molecule has 2 amide bonds. The number of hydrogen-bond acceptors (Lipinski definition) is 2. The molecule has 1 saturated heterocycles. The summed E-state index contributed by atoms with van der Waals surface area (Å²) in [6.45, 7) is 7.72. The second-order valence-corrected chi connectivity index (χ2v) is 6.88. The van der Waals surface area contributed by atoms with Crippen LogP contribution in [0.5, 0.6) is 0 Å². The molecule has 1 aromatic carbocycles. The summed E-state index contributed by atoms with van der Waals surface area (Å²) in [7, 11) is 1.80. The number of nitrogens with one attached hydrogen (secondary N) is 1. The van der Waals surface area contributed by atoms with Crippen molar-refractivity contribution in [1.82, 2.24) is 10.2 Å². The monoisotopic (exact) mass is 288 g/mol. The Morgan fingerprint density at radius 2 is 1.90 bits per heavy atom. The third kappa shape index (κ3) is 3.84. The molecule has 0 spiro atoms. The molecule has 0 radical (unpaired) electrons. The highest BCUT2D eigenvalue weighted by molar-refractivity contribution is 5.94. The Morgan fingerprint density at radius 3 is 2.38 bits per heavy atom. The van der Waals surface area contributed by atoms with Crippen LogP contribution in [0.2, 0.25) is 0 Å². The number of carbonyl (C=O) groups is 2. The van der Waals surface area contributed by atoms with Crippen LogP contribution in [0, 0.1) is 5.92 Å². The van der Waals surface area contributed by atoms with Gasteiger partial charge in [0, 0.05) is 38.0 Å². The topological polar surface area (TPSA) is 49.4 Å². The van der Waals surface area contributed by atoms with E-state index in [1.165, 1.54) is 5.56 Å². The van der Waals surface area contributed by atoms with Crippen LogP contribution in [0.4, 0.5) is 0 Å². The molecule has 1 unspecified atom stereocenters. The molecule has 1 N–H and O–H groups in total. The van der Waals surface area contributed by atoms with Gasteiger partial charge in [-0.3, -0.25) is 9.59 Å². The molecule has 0 bridgehead atoms. The Kier molecular flexibility index (Phi) is 4.35. The van der Waals surface area contributed by atoms with E-state index in [4.69, 9.17) is 0 Å². The standard InChI is InChI=1S/C17H24N2O2/c1-17(2,3)14-7-5-13(6-8-14)16(21)18-10-12-9-15(20)19(4)11-12/h5-8,12H,9-11H2,1-4H3,(H,18,21). The molecular weight excluding hydrogens is 264 g/mol. The van der Waals surface area contributed by atoms with Crippen LogP contribution >= 0.6 is 0 Å². The van der Waals surface area contributed by atoms with Gasteiger partial charge in [0.1, 0.15) is 0 Å². The Balaban J connectivity index is 1.90. The minimum absolute atomic E-state index is 0.0718. The van der Waals surface area contributed by atoms with E-state index >= 15 is 0 Å². The highest BCUT2D eigenvalue weighted by atomic mass is 16.2. The van der Waals surface area contributed by atoms with Crippen molar-refractivity contribution in [3.8, 4) is 0 Å². The average molecular weight is 288 g/mol. The van der Waals surface area contributed by atoms with Crippen molar-refractivity contribution in [1.29, 1.82) is 0 Å². The highest BCUT2D eigenvalue weighted by Gasteiger charge is 2.26. The van der Waals surface area contributed by atoms with E-state index in [1.54, 1.807) is 11.9 Å². The van der Waals surface area contributed by atoms with Crippen LogP contribution in [0.25, 0.3) is 0 Å². The van der Waals surface area contributed by atoms with Crippen molar-refractivity contribution < 1.29 is 9.59 Å². The van der Waals surface area contributed by atoms with E-state index < -0.39 is 0 Å². The fraction of sp³-hybridized carbons (Fsp3) is 0.529. The minimum atomic E-state index is -0.0718. The highest BCUT2D eigenvalue weighted by Crippen LogP contribution is 2.22. The Hall–Kier alpha value is -1.84. The van der Waals surface area contributed by atoms with Crippen molar-refractivity contribution in [3.63, 3.8) is 0 Å². The molecule has 4 nitrogen and oxygen atoms in total. The van der Waals surface area contributed by atoms with Gasteiger partial charge in [-0.15, -0.1) is 0 Å². The van der Waals surface area contributed by atoms with Crippen LogP contribution in [0.3, 0.4) is 0 Å². The smallest absolute Gasteiger partial charge is 0.251 e. The largest absolute Gasteiger partial charge is 0.352 e. The van der Waals surface area contributed by atoms with Crippen molar-refractivity contribution in [2.75, 3.05) is 20.1 Å². The molecular formula is C17H24N2O2. The summed E-state index contributed by atoms with van der Waals surface area (Å²) in [5.41, 5.74) is 1.96. The molecule has 1 fully saturated rings. The van der Waals surface area contributed by atoms with E-state index in [0.717, 1.165) is 6.54 Å². The lowest BCUT2D eigenvalue weighted by atomic mass is 9.87. The zero-order chi connectivity index (χ0) is 15.6. The van der Waals surface area contributed by atoms with E-state index in [-0.39, 0.29) is 23.1 Å². The fourth-order valence-electron chi connectivity index (χ4n) is 2.55. The maximum absolute atomic E-state index is 12.1. The summed E-state index contributed by atoms with van der Waals surface area (Å²) < 4.78 is 0. The molecule has 114 valence electrons. The summed E-state index contributed by atoms with van der Waals surface area (Å²) >= 11 is 0. The lowest BCUT2D eigenvalue weighted by molar-refractivity contribution is -0.126. The SMILES string of the molecule is CN1CC(CNC(=O)c2ccc(C(C)(C)C)cc2)CC1=O. The summed E-state index contributed by atoms with van der Waals surface area (Å²) in [6, 6.07) is 7.73. The predicted molar refractivity (Wildman–Crippen MR) is 83.2 cm³/mol. The van der Waals surface area contributed by atoms with E-state index in [9.17, 15) is 9.59 Å². The molecule has 2 rings (SSSR count). The number of hydrogen-bond donors (Lipinski definition) is 1. The number of likely N-dealkylation sites (tertiary alicyclic amines) is 1. The van der Waals surface area contributed by atoms with Gasteiger partial charge in [0.05, 0.1) is 0 Å². The third-order valence-electron chi connectivity index (χ3n) is 3.99. The maximum atomic E-state index is 12.1. The molecule has 1 atom stereocenters. The van der Waals surface area contributed by atoms with Crippen molar-refractivity contribution in [2.24, 2.45) is 5.92 Å². The van der Waals surface area contributed by atoms with Gasteiger partial charge in [0.15, 0.2) is 0 Å². The Morgan fingerprint density at radius 1 is 1.29 bits per heavy atom. The van der Waals surface area contributed by atoms with Gasteiger partial charge in [-0.25, -0.2) is 0 Å². The van der Waals surface area contributed by atoms with Crippen molar-refractivity contribution in [3.05, 3.63) is 35.4 Å². The first-order valence-electron chi connectivity index (χ1n) is 7.40. The minimum Gasteiger partial charge on any atom is -0.352 e. The lowest BCUT2D eigenvalue weighted by Crippen LogP contribution is -2.30. The average Bonchev–Trinajstić information content (AvgIpc) is 2.74. The molecule has 1 aliphatic rings. The van der Waals surface area contributed by atoms with Gasteiger partial charge in [-0.2, -0.15) is 0 Å². The van der Waals surface area contributed by atoms with Gasteiger partial charge >= 0.3 is 0 Å². The number of carbonyl (C=O) groups excluding carboxylic acids is 2. The maximum Gasteiger partial charge on any atom is 0.251 e. The van der Waals surface area contributed by atoms with Gasteiger partial charge in [0.25, 0.3) is 5.91 Å². The van der Waals surface area contributed by atoms with Crippen molar-refractivity contribution in [2.45, 2.75) is 32.6 Å². The van der Waals surface area contributed by atoms with Crippen LogP contribution in [0.15, 0.2) is 24.3 Å². The van der Waals surface area contributed by atoms with Gasteiger partial charge in [-0.05, 0) is 23.1 Å². The number of benzene rings is 1. The lowest BCUT2D eigenvalue weighted by Gasteiger charge is -2.19. The van der Waals surface area contributed by atoms with E-state index in [1.807, 2.05) is 24.3 Å². The molecule has 1 heterocycles. The van der Waals surface area contributed by atoms with E-state index in [2.05, 4.69) is 26.1 Å². The molecule has 21 heavy (non-hydrogen) atoms. The first kappa shape index (κ1) is 15.5. The van der Waals surface area contributed by atoms with Crippen LogP contribution in [-0.4, -0.2) is 36.9 Å². The number of amides is 2. The fourth-order valence-corrected chi connectivity index (χ4v) is 2.55. The Bertz CT molecular complexity index is 529. The van der Waals surface area contributed by atoms with Crippen LogP contribution in [0.1, 0.15) is 43.1 Å². The van der Waals surface area contributed by atoms with E-state index in [0.29, 0.717) is 18.5 Å². The molecule has 1 aromatic rings. The first-order chi connectivity index (χ1) is 9.77. The van der Waals surface area contributed by atoms with Crippen molar-refractivity contribution >= 4 is 11.8 Å². The summed E-state index contributed by atoms with van der Waals surface area (Å²) in [4.78, 5) is 25.3. The predicted octanol–water partition coefficient (Wildman–Crippen LogP) is 2.19. The molecule has 1 aliphatic heterocycles. The number of nitrogens with zero attached hydrogens (tertiary/aromatic N) is 1. The van der Waals surface area contributed by atoms with Crippen LogP contribution < -0.4 is 5.32 Å². The third-order valence-corrected chi connectivity index (χ3v) is 3.99. The molecule has 0 aliphatic carbocycles. The summed E-state index contributed by atoms with van der Waals surface area (Å²) in [5.74, 6) is 0.307. The first-order valence-corrected chi connectivity index (χ1v) is 7.40. The molecule has 0 aromatic heterocycles. The summed E-state index contributed by atoms with van der Waals surface area (Å²) in [6.07, 6.45) is 0.528. The number of rotatable bonds is 3.